The molecular formula is C12H9ClN4O. The van der Waals surface area contributed by atoms with E-state index in [1.165, 1.54) is 0 Å². The van der Waals surface area contributed by atoms with E-state index in [-0.39, 0.29) is 11.9 Å². The molecule has 3 rings (SSSR count). The molecule has 6 heteroatoms. The second kappa shape index (κ2) is 3.96. The first-order valence-electron chi connectivity index (χ1n) is 5.34. The maximum atomic E-state index is 11.7. The SMILES string of the molecule is NC1=NC(c2ccc(Cl)c3cccnc23)C(=O)N1. The number of rotatable bonds is 1. The zero-order valence-corrected chi connectivity index (χ0v) is 9.98. The molecule has 0 radical (unpaired) electrons. The molecule has 0 fully saturated rings. The molecule has 1 unspecified atom stereocenters. The number of fused-ring (bicyclic) bond motifs is 1. The Morgan fingerprint density at radius 2 is 2.17 bits per heavy atom. The topological polar surface area (TPSA) is 80.4 Å². The molecule has 2 aromatic rings. The van der Waals surface area contributed by atoms with Crippen molar-refractivity contribution in [2.24, 2.45) is 10.7 Å². The molecule has 1 atom stereocenters. The molecule has 1 aromatic heterocycles. The largest absolute Gasteiger partial charge is 0.370 e. The Hall–Kier alpha value is -2.14. The summed E-state index contributed by atoms with van der Waals surface area (Å²) in [4.78, 5) is 20.1. The number of benzene rings is 1. The van der Waals surface area contributed by atoms with E-state index in [2.05, 4.69) is 15.3 Å². The van der Waals surface area contributed by atoms with Crippen LogP contribution < -0.4 is 11.1 Å². The molecule has 1 aliphatic rings. The second-order valence-electron chi connectivity index (χ2n) is 3.94. The Kier molecular flexibility index (Phi) is 2.41. The van der Waals surface area contributed by atoms with E-state index < -0.39 is 6.04 Å². The minimum atomic E-state index is -0.653. The summed E-state index contributed by atoms with van der Waals surface area (Å²) in [5.41, 5.74) is 6.87. The second-order valence-corrected chi connectivity index (χ2v) is 4.35. The van der Waals surface area contributed by atoms with Crippen molar-refractivity contribution < 1.29 is 4.79 Å². The molecule has 18 heavy (non-hydrogen) atoms. The number of nitrogens with two attached hydrogens (primary N) is 1. The number of amides is 1. The maximum Gasteiger partial charge on any atom is 0.256 e. The third-order valence-electron chi connectivity index (χ3n) is 2.81. The van der Waals surface area contributed by atoms with Crippen LogP contribution in [-0.4, -0.2) is 16.9 Å². The summed E-state index contributed by atoms with van der Waals surface area (Å²) in [7, 11) is 0. The molecule has 0 spiro atoms. The molecule has 0 saturated heterocycles. The van der Waals surface area contributed by atoms with Crippen LogP contribution in [0.5, 0.6) is 0 Å². The number of hydrogen-bond donors (Lipinski definition) is 2. The van der Waals surface area contributed by atoms with Crippen LogP contribution in [0.1, 0.15) is 11.6 Å². The first-order valence-corrected chi connectivity index (χ1v) is 5.72. The Bertz CT molecular complexity index is 683. The van der Waals surface area contributed by atoms with Gasteiger partial charge in [0.2, 0.25) is 0 Å². The lowest BCUT2D eigenvalue weighted by Gasteiger charge is -2.09. The number of aromatic nitrogens is 1. The Labute approximate surface area is 108 Å². The van der Waals surface area contributed by atoms with Crippen LogP contribution >= 0.6 is 11.6 Å². The van der Waals surface area contributed by atoms with Gasteiger partial charge in [-0.25, -0.2) is 4.99 Å². The van der Waals surface area contributed by atoms with E-state index in [1.54, 1.807) is 24.4 Å². The molecule has 1 aliphatic heterocycles. The predicted octanol–water partition coefficient (Wildman–Crippen LogP) is 1.37. The van der Waals surface area contributed by atoms with Gasteiger partial charge in [0.25, 0.3) is 5.91 Å². The predicted molar refractivity (Wildman–Crippen MR) is 69.3 cm³/mol. The Morgan fingerprint density at radius 1 is 1.33 bits per heavy atom. The molecule has 3 N–H and O–H groups in total. The fraction of sp³-hybridized carbons (Fsp3) is 0.0833. The highest BCUT2D eigenvalue weighted by molar-refractivity contribution is 6.35. The number of halogens is 1. The number of nitrogens with one attached hydrogen (secondary N) is 1. The number of hydrogen-bond acceptors (Lipinski definition) is 4. The van der Waals surface area contributed by atoms with Crippen LogP contribution in [0.2, 0.25) is 5.02 Å². The van der Waals surface area contributed by atoms with Gasteiger partial charge >= 0.3 is 0 Å². The van der Waals surface area contributed by atoms with Crippen LogP contribution in [0.15, 0.2) is 35.5 Å². The van der Waals surface area contributed by atoms with Crippen molar-refractivity contribution in [1.29, 1.82) is 0 Å². The third-order valence-corrected chi connectivity index (χ3v) is 3.14. The molecule has 90 valence electrons. The van der Waals surface area contributed by atoms with E-state index in [0.717, 1.165) is 5.39 Å². The quantitative estimate of drug-likeness (QED) is 0.813. The van der Waals surface area contributed by atoms with Gasteiger partial charge in [0.05, 0.1) is 5.52 Å². The summed E-state index contributed by atoms with van der Waals surface area (Å²) in [6, 6.07) is 6.49. The van der Waals surface area contributed by atoms with Crippen LogP contribution in [0.25, 0.3) is 10.9 Å². The van der Waals surface area contributed by atoms with Crippen LogP contribution in [0.4, 0.5) is 0 Å². The molecule has 0 bridgehead atoms. The molecule has 1 aromatic carbocycles. The highest BCUT2D eigenvalue weighted by atomic mass is 35.5. The minimum absolute atomic E-state index is 0.129. The fourth-order valence-corrected chi connectivity index (χ4v) is 2.23. The number of nitrogens with zero attached hydrogens (tertiary/aromatic N) is 2. The van der Waals surface area contributed by atoms with E-state index in [0.29, 0.717) is 16.1 Å². The van der Waals surface area contributed by atoms with Gasteiger partial charge in [-0.05, 0) is 18.2 Å². The van der Waals surface area contributed by atoms with Gasteiger partial charge in [-0.2, -0.15) is 0 Å². The summed E-state index contributed by atoms with van der Waals surface area (Å²) >= 11 is 6.10. The zero-order chi connectivity index (χ0) is 12.7. The lowest BCUT2D eigenvalue weighted by molar-refractivity contribution is -0.120. The Balaban J connectivity index is 2.25. The summed E-state index contributed by atoms with van der Waals surface area (Å²) < 4.78 is 0. The van der Waals surface area contributed by atoms with Crippen LogP contribution in [0.3, 0.4) is 0 Å². The van der Waals surface area contributed by atoms with Crippen LogP contribution in [-0.2, 0) is 4.79 Å². The number of guanidine groups is 1. The van der Waals surface area contributed by atoms with Crippen molar-refractivity contribution in [3.63, 3.8) is 0 Å². The van der Waals surface area contributed by atoms with Crippen molar-refractivity contribution >= 4 is 34.4 Å². The smallest absolute Gasteiger partial charge is 0.256 e. The van der Waals surface area contributed by atoms with Gasteiger partial charge < -0.3 is 5.73 Å². The minimum Gasteiger partial charge on any atom is -0.370 e. The average Bonchev–Trinajstić information content (AvgIpc) is 2.69. The number of carbonyl (C=O) groups is 1. The van der Waals surface area contributed by atoms with Gasteiger partial charge in [0, 0.05) is 22.2 Å². The van der Waals surface area contributed by atoms with E-state index in [9.17, 15) is 4.79 Å². The standard InChI is InChI=1S/C12H9ClN4O/c13-8-4-3-7(9-6(8)2-1-5-15-9)10-11(18)17-12(14)16-10/h1-5,10H,(H3,14,16,17,18). The first kappa shape index (κ1) is 11.0. The van der Waals surface area contributed by atoms with E-state index in [4.69, 9.17) is 17.3 Å². The number of aliphatic imine (C=N–C) groups is 1. The van der Waals surface area contributed by atoms with Crippen molar-refractivity contribution in [1.82, 2.24) is 10.3 Å². The fourth-order valence-electron chi connectivity index (χ4n) is 2.02. The lowest BCUT2D eigenvalue weighted by Crippen LogP contribution is -2.31. The number of carbonyl (C=O) groups excluding carboxylic acids is 1. The van der Waals surface area contributed by atoms with Gasteiger partial charge in [-0.1, -0.05) is 17.7 Å². The Morgan fingerprint density at radius 3 is 2.89 bits per heavy atom. The summed E-state index contributed by atoms with van der Waals surface area (Å²) in [5.74, 6) is -0.120. The highest BCUT2D eigenvalue weighted by Gasteiger charge is 2.28. The molecule has 0 aliphatic carbocycles. The normalized spacial score (nSPS) is 18.8. The van der Waals surface area contributed by atoms with E-state index in [1.807, 2.05) is 6.07 Å². The lowest BCUT2D eigenvalue weighted by atomic mass is 10.0. The van der Waals surface area contributed by atoms with Crippen molar-refractivity contribution in [2.75, 3.05) is 0 Å². The zero-order valence-electron chi connectivity index (χ0n) is 9.22. The van der Waals surface area contributed by atoms with Gasteiger partial charge in [-0.15, -0.1) is 0 Å². The first-order chi connectivity index (χ1) is 8.66. The van der Waals surface area contributed by atoms with Gasteiger partial charge in [0.1, 0.15) is 0 Å². The van der Waals surface area contributed by atoms with Crippen molar-refractivity contribution in [3.05, 3.63) is 41.0 Å². The highest BCUT2D eigenvalue weighted by Crippen LogP contribution is 2.31. The monoisotopic (exact) mass is 260 g/mol. The summed E-state index contributed by atoms with van der Waals surface area (Å²) in [6.07, 6.45) is 1.65. The van der Waals surface area contributed by atoms with E-state index >= 15 is 0 Å². The van der Waals surface area contributed by atoms with Gasteiger partial charge in [-0.3, -0.25) is 15.1 Å². The summed E-state index contributed by atoms with van der Waals surface area (Å²) in [5, 5.41) is 3.86. The molecule has 1 amide bonds. The molecule has 0 saturated carbocycles. The summed E-state index contributed by atoms with van der Waals surface area (Å²) in [6.45, 7) is 0. The molecule has 2 heterocycles. The molecular weight excluding hydrogens is 252 g/mol. The van der Waals surface area contributed by atoms with Gasteiger partial charge in [0.15, 0.2) is 12.0 Å². The van der Waals surface area contributed by atoms with Crippen molar-refractivity contribution in [2.45, 2.75) is 6.04 Å². The average molecular weight is 261 g/mol. The molecule has 5 nitrogen and oxygen atoms in total. The van der Waals surface area contributed by atoms with Crippen molar-refractivity contribution in [3.8, 4) is 0 Å². The maximum absolute atomic E-state index is 11.7. The number of pyridine rings is 1. The third kappa shape index (κ3) is 1.60. The van der Waals surface area contributed by atoms with Crippen LogP contribution in [0, 0.1) is 0 Å².